The van der Waals surface area contributed by atoms with Gasteiger partial charge in [0.05, 0.1) is 10.0 Å². The minimum absolute atomic E-state index is 0.270. The Balaban J connectivity index is 1.78. The summed E-state index contributed by atoms with van der Waals surface area (Å²) in [5.74, 6) is 0.397. The molecular formula is C17H10BrClN2O2. The molecule has 0 bridgehead atoms. The zero-order chi connectivity index (χ0) is 16.2. The Morgan fingerprint density at radius 3 is 2.39 bits per heavy atom. The molecule has 0 aliphatic rings. The summed E-state index contributed by atoms with van der Waals surface area (Å²) in [6.45, 7) is 0. The third kappa shape index (κ3) is 3.75. The molecule has 1 heterocycles. The maximum absolute atomic E-state index is 12.1. The quantitative estimate of drug-likeness (QED) is 0.478. The largest absolute Gasteiger partial charge is 0.422 e. The van der Waals surface area contributed by atoms with Gasteiger partial charge in [0, 0.05) is 23.0 Å². The van der Waals surface area contributed by atoms with E-state index in [2.05, 4.69) is 25.9 Å². The lowest BCUT2D eigenvalue weighted by Crippen LogP contribution is -2.10. The zero-order valence-electron chi connectivity index (χ0n) is 11.7. The summed E-state index contributed by atoms with van der Waals surface area (Å²) in [5, 5.41) is 0.548. The first-order valence-electron chi connectivity index (χ1n) is 6.68. The molecule has 1 aromatic heterocycles. The SMILES string of the molecule is O=C(Oc1ccc(Cl)cc1Br)c1cnc(-c2ccccc2)nc1. The van der Waals surface area contributed by atoms with E-state index in [1.54, 1.807) is 18.2 Å². The summed E-state index contributed by atoms with van der Waals surface area (Å²) >= 11 is 9.15. The van der Waals surface area contributed by atoms with Crippen LogP contribution in [-0.4, -0.2) is 15.9 Å². The van der Waals surface area contributed by atoms with Crippen LogP contribution in [0.3, 0.4) is 0 Å². The molecule has 0 aliphatic heterocycles. The number of hydrogen-bond donors (Lipinski definition) is 0. The molecule has 0 atom stereocenters. The van der Waals surface area contributed by atoms with Crippen molar-refractivity contribution in [1.29, 1.82) is 0 Å². The number of esters is 1. The highest BCUT2D eigenvalue weighted by atomic mass is 79.9. The number of carbonyl (C=O) groups is 1. The van der Waals surface area contributed by atoms with Gasteiger partial charge in [0.15, 0.2) is 5.82 Å². The van der Waals surface area contributed by atoms with Crippen LogP contribution in [0, 0.1) is 0 Å². The molecule has 0 aliphatic carbocycles. The van der Waals surface area contributed by atoms with E-state index < -0.39 is 5.97 Å². The molecule has 0 saturated heterocycles. The average molecular weight is 390 g/mol. The first kappa shape index (κ1) is 15.6. The minimum atomic E-state index is -0.535. The van der Waals surface area contributed by atoms with Crippen molar-refractivity contribution in [3.63, 3.8) is 0 Å². The molecule has 3 rings (SSSR count). The van der Waals surface area contributed by atoms with Gasteiger partial charge in [0.25, 0.3) is 0 Å². The van der Waals surface area contributed by atoms with E-state index in [-0.39, 0.29) is 5.56 Å². The lowest BCUT2D eigenvalue weighted by molar-refractivity contribution is 0.0732. The van der Waals surface area contributed by atoms with E-state index >= 15 is 0 Å². The third-order valence-electron chi connectivity index (χ3n) is 3.02. The molecule has 4 nitrogen and oxygen atoms in total. The van der Waals surface area contributed by atoms with Gasteiger partial charge in [0.2, 0.25) is 0 Å². The molecule has 0 radical (unpaired) electrons. The van der Waals surface area contributed by atoms with E-state index in [0.717, 1.165) is 5.56 Å². The molecule has 0 saturated carbocycles. The first-order chi connectivity index (χ1) is 11.1. The van der Waals surface area contributed by atoms with Crippen LogP contribution in [0.4, 0.5) is 0 Å². The van der Waals surface area contributed by atoms with Crippen molar-refractivity contribution in [2.45, 2.75) is 0 Å². The highest BCUT2D eigenvalue weighted by Gasteiger charge is 2.12. The van der Waals surface area contributed by atoms with E-state index in [9.17, 15) is 4.79 Å². The fraction of sp³-hybridized carbons (Fsp3) is 0. The molecule has 0 spiro atoms. The van der Waals surface area contributed by atoms with Gasteiger partial charge in [-0.1, -0.05) is 41.9 Å². The van der Waals surface area contributed by atoms with Crippen molar-refractivity contribution >= 4 is 33.5 Å². The summed E-state index contributed by atoms with van der Waals surface area (Å²) in [5.41, 5.74) is 1.15. The van der Waals surface area contributed by atoms with E-state index in [4.69, 9.17) is 16.3 Å². The Kier molecular flexibility index (Phi) is 4.69. The highest BCUT2D eigenvalue weighted by molar-refractivity contribution is 9.10. The Morgan fingerprint density at radius 1 is 1.04 bits per heavy atom. The van der Waals surface area contributed by atoms with Crippen molar-refractivity contribution < 1.29 is 9.53 Å². The number of hydrogen-bond acceptors (Lipinski definition) is 4. The van der Waals surface area contributed by atoms with Gasteiger partial charge in [0.1, 0.15) is 5.75 Å². The lowest BCUT2D eigenvalue weighted by Gasteiger charge is -2.07. The zero-order valence-corrected chi connectivity index (χ0v) is 14.1. The van der Waals surface area contributed by atoms with Crippen LogP contribution in [0.25, 0.3) is 11.4 Å². The van der Waals surface area contributed by atoms with Crippen LogP contribution in [0.15, 0.2) is 65.4 Å². The summed E-state index contributed by atoms with van der Waals surface area (Å²) in [6, 6.07) is 14.4. The van der Waals surface area contributed by atoms with Gasteiger partial charge in [-0.25, -0.2) is 14.8 Å². The smallest absolute Gasteiger partial charge is 0.346 e. The number of nitrogens with zero attached hydrogens (tertiary/aromatic N) is 2. The first-order valence-corrected chi connectivity index (χ1v) is 7.85. The molecule has 3 aromatic rings. The van der Waals surface area contributed by atoms with Gasteiger partial charge in [-0.05, 0) is 34.1 Å². The van der Waals surface area contributed by atoms with Crippen molar-refractivity contribution in [3.05, 3.63) is 76.0 Å². The highest BCUT2D eigenvalue weighted by Crippen LogP contribution is 2.28. The second-order valence-electron chi connectivity index (χ2n) is 4.63. The van der Waals surface area contributed by atoms with Gasteiger partial charge in [-0.3, -0.25) is 0 Å². The van der Waals surface area contributed by atoms with Gasteiger partial charge < -0.3 is 4.74 Å². The van der Waals surface area contributed by atoms with Gasteiger partial charge in [-0.15, -0.1) is 0 Å². The number of aromatic nitrogens is 2. The number of rotatable bonds is 3. The van der Waals surface area contributed by atoms with E-state index in [1.165, 1.54) is 12.4 Å². The molecule has 0 fully saturated rings. The molecule has 114 valence electrons. The third-order valence-corrected chi connectivity index (χ3v) is 3.87. The van der Waals surface area contributed by atoms with Crippen molar-refractivity contribution in [3.8, 4) is 17.1 Å². The van der Waals surface area contributed by atoms with E-state index in [1.807, 2.05) is 30.3 Å². The molecular weight excluding hydrogens is 380 g/mol. The van der Waals surface area contributed by atoms with Crippen LogP contribution in [-0.2, 0) is 0 Å². The second-order valence-corrected chi connectivity index (χ2v) is 5.92. The van der Waals surface area contributed by atoms with Gasteiger partial charge >= 0.3 is 5.97 Å². The van der Waals surface area contributed by atoms with Crippen LogP contribution in [0.2, 0.25) is 5.02 Å². The molecule has 0 amide bonds. The summed E-state index contributed by atoms with van der Waals surface area (Å²) < 4.78 is 5.90. The number of benzene rings is 2. The average Bonchev–Trinajstić information content (AvgIpc) is 2.58. The summed E-state index contributed by atoms with van der Waals surface area (Å²) in [7, 11) is 0. The fourth-order valence-corrected chi connectivity index (χ4v) is 2.65. The van der Waals surface area contributed by atoms with Crippen LogP contribution >= 0.6 is 27.5 Å². The van der Waals surface area contributed by atoms with Crippen LogP contribution in [0.1, 0.15) is 10.4 Å². The number of halogens is 2. The predicted octanol–water partition coefficient (Wildman–Crippen LogP) is 4.78. The number of ether oxygens (including phenoxy) is 1. The Hall–Kier alpha value is -2.24. The second kappa shape index (κ2) is 6.89. The minimum Gasteiger partial charge on any atom is -0.422 e. The monoisotopic (exact) mass is 388 g/mol. The molecule has 0 unspecified atom stereocenters. The summed E-state index contributed by atoms with van der Waals surface area (Å²) in [6.07, 6.45) is 2.89. The fourth-order valence-electron chi connectivity index (χ4n) is 1.89. The van der Waals surface area contributed by atoms with Crippen molar-refractivity contribution in [2.24, 2.45) is 0 Å². The normalized spacial score (nSPS) is 10.3. The predicted molar refractivity (Wildman–Crippen MR) is 91.6 cm³/mol. The maximum Gasteiger partial charge on any atom is 0.346 e. The van der Waals surface area contributed by atoms with Crippen LogP contribution < -0.4 is 4.74 Å². The van der Waals surface area contributed by atoms with Crippen molar-refractivity contribution in [2.75, 3.05) is 0 Å². The Bertz CT molecular complexity index is 839. The molecule has 23 heavy (non-hydrogen) atoms. The lowest BCUT2D eigenvalue weighted by atomic mass is 10.2. The summed E-state index contributed by atoms with van der Waals surface area (Å²) in [4.78, 5) is 20.5. The maximum atomic E-state index is 12.1. The van der Waals surface area contributed by atoms with Crippen LogP contribution in [0.5, 0.6) is 5.75 Å². The standard InChI is InChI=1S/C17H10BrClN2O2/c18-14-8-13(19)6-7-15(14)23-17(22)12-9-20-16(21-10-12)11-4-2-1-3-5-11/h1-10H. The Morgan fingerprint density at radius 2 is 1.74 bits per heavy atom. The number of carbonyl (C=O) groups excluding carboxylic acids is 1. The molecule has 6 heteroatoms. The molecule has 2 aromatic carbocycles. The van der Waals surface area contributed by atoms with Gasteiger partial charge in [-0.2, -0.15) is 0 Å². The Labute approximate surface area is 146 Å². The topological polar surface area (TPSA) is 52.1 Å². The van der Waals surface area contributed by atoms with Crippen molar-refractivity contribution in [1.82, 2.24) is 9.97 Å². The molecule has 0 N–H and O–H groups in total. The van der Waals surface area contributed by atoms with E-state index in [0.29, 0.717) is 21.1 Å².